The zero-order valence-electron chi connectivity index (χ0n) is 19.0. The number of aryl methyl sites for hydroxylation is 1. The molecule has 0 saturated carbocycles. The molecule has 3 aromatic rings. The zero-order chi connectivity index (χ0) is 22.5. The largest absolute Gasteiger partial charge is 0.339 e. The Hall–Kier alpha value is -3.34. The van der Waals surface area contributed by atoms with Crippen molar-refractivity contribution >= 4 is 5.91 Å². The molecule has 0 radical (unpaired) electrons. The van der Waals surface area contributed by atoms with Crippen molar-refractivity contribution in [2.45, 2.75) is 39.5 Å². The maximum absolute atomic E-state index is 12.5. The number of hydrogen-bond donors (Lipinski definition) is 0. The van der Waals surface area contributed by atoms with E-state index in [1.165, 1.54) is 11.1 Å². The SMILES string of the molecule is Cc1ccccc1-c1cnc(-c2cccnc2)nc1C1CCN(C(=O)/C=C/C(C)C)CC1. The van der Waals surface area contributed by atoms with Crippen LogP contribution in [0.5, 0.6) is 0 Å². The molecule has 164 valence electrons. The van der Waals surface area contributed by atoms with E-state index in [4.69, 9.17) is 4.98 Å². The Bertz CT molecular complexity index is 1100. The molecule has 0 N–H and O–H groups in total. The molecule has 1 aliphatic rings. The quantitative estimate of drug-likeness (QED) is 0.510. The lowest BCUT2D eigenvalue weighted by Crippen LogP contribution is -2.37. The van der Waals surface area contributed by atoms with E-state index in [0.29, 0.717) is 11.7 Å². The molecule has 0 atom stereocenters. The fraction of sp³-hybridized carbons (Fsp3) is 0.333. The van der Waals surface area contributed by atoms with Crippen molar-refractivity contribution in [1.82, 2.24) is 19.9 Å². The number of hydrogen-bond acceptors (Lipinski definition) is 4. The third kappa shape index (κ3) is 4.93. The number of aromatic nitrogens is 3. The Balaban J connectivity index is 1.64. The van der Waals surface area contributed by atoms with Crippen LogP contribution in [-0.4, -0.2) is 38.8 Å². The average Bonchev–Trinajstić information content (AvgIpc) is 2.83. The molecular formula is C27H30N4O. The lowest BCUT2D eigenvalue weighted by atomic mass is 9.87. The van der Waals surface area contributed by atoms with Crippen LogP contribution in [0.3, 0.4) is 0 Å². The minimum Gasteiger partial charge on any atom is -0.339 e. The molecule has 0 bridgehead atoms. The number of carbonyl (C=O) groups excluding carboxylic acids is 1. The monoisotopic (exact) mass is 426 g/mol. The fourth-order valence-corrected chi connectivity index (χ4v) is 4.18. The molecule has 2 aromatic heterocycles. The van der Waals surface area contributed by atoms with Crippen LogP contribution in [0.25, 0.3) is 22.5 Å². The maximum atomic E-state index is 12.5. The predicted molar refractivity (Wildman–Crippen MR) is 128 cm³/mol. The van der Waals surface area contributed by atoms with Crippen LogP contribution in [-0.2, 0) is 4.79 Å². The average molecular weight is 427 g/mol. The molecule has 1 saturated heterocycles. The van der Waals surface area contributed by atoms with Crippen molar-refractivity contribution in [3.8, 4) is 22.5 Å². The highest BCUT2D eigenvalue weighted by Crippen LogP contribution is 2.36. The normalized spacial score (nSPS) is 14.9. The minimum atomic E-state index is 0.106. The highest BCUT2D eigenvalue weighted by molar-refractivity contribution is 5.87. The number of nitrogens with zero attached hydrogens (tertiary/aromatic N) is 4. The molecule has 1 aliphatic heterocycles. The summed E-state index contributed by atoms with van der Waals surface area (Å²) in [5.74, 6) is 1.46. The summed E-state index contributed by atoms with van der Waals surface area (Å²) >= 11 is 0. The van der Waals surface area contributed by atoms with E-state index in [9.17, 15) is 4.79 Å². The van der Waals surface area contributed by atoms with E-state index >= 15 is 0 Å². The number of allylic oxidation sites excluding steroid dienone is 1. The summed E-state index contributed by atoms with van der Waals surface area (Å²) in [4.78, 5) is 28.4. The van der Waals surface area contributed by atoms with Gasteiger partial charge in [0.15, 0.2) is 5.82 Å². The first-order chi connectivity index (χ1) is 15.5. The second-order valence-electron chi connectivity index (χ2n) is 8.75. The Morgan fingerprint density at radius 3 is 2.53 bits per heavy atom. The van der Waals surface area contributed by atoms with Gasteiger partial charge in [-0.15, -0.1) is 0 Å². The van der Waals surface area contributed by atoms with Crippen molar-refractivity contribution in [2.75, 3.05) is 13.1 Å². The highest BCUT2D eigenvalue weighted by Gasteiger charge is 2.27. The van der Waals surface area contributed by atoms with E-state index in [1.807, 2.05) is 29.3 Å². The first-order valence-corrected chi connectivity index (χ1v) is 11.3. The molecule has 1 amide bonds. The van der Waals surface area contributed by atoms with Crippen LogP contribution in [0.15, 0.2) is 67.1 Å². The van der Waals surface area contributed by atoms with Crippen LogP contribution in [0.1, 0.15) is 43.9 Å². The molecule has 0 spiro atoms. The Kier molecular flexibility index (Phi) is 6.74. The summed E-state index contributed by atoms with van der Waals surface area (Å²) in [6.07, 6.45) is 11.0. The van der Waals surface area contributed by atoms with E-state index in [1.54, 1.807) is 18.5 Å². The van der Waals surface area contributed by atoms with Crippen LogP contribution >= 0.6 is 0 Å². The summed E-state index contributed by atoms with van der Waals surface area (Å²) in [5, 5.41) is 0. The summed E-state index contributed by atoms with van der Waals surface area (Å²) in [5.41, 5.74) is 5.44. The van der Waals surface area contributed by atoms with Gasteiger partial charge in [0.2, 0.25) is 5.91 Å². The molecule has 0 unspecified atom stereocenters. The molecule has 1 fully saturated rings. The molecular weight excluding hydrogens is 396 g/mol. The van der Waals surface area contributed by atoms with Gasteiger partial charge in [0.1, 0.15) is 0 Å². The maximum Gasteiger partial charge on any atom is 0.246 e. The Morgan fingerprint density at radius 1 is 1.06 bits per heavy atom. The number of benzene rings is 1. The van der Waals surface area contributed by atoms with Gasteiger partial charge >= 0.3 is 0 Å². The Morgan fingerprint density at radius 2 is 1.84 bits per heavy atom. The van der Waals surface area contributed by atoms with E-state index in [0.717, 1.165) is 42.8 Å². The number of likely N-dealkylation sites (tertiary alicyclic amines) is 1. The Labute approximate surface area is 190 Å². The summed E-state index contributed by atoms with van der Waals surface area (Å²) in [7, 11) is 0. The van der Waals surface area contributed by atoms with Gasteiger partial charge in [-0.1, -0.05) is 44.2 Å². The van der Waals surface area contributed by atoms with E-state index < -0.39 is 0 Å². The van der Waals surface area contributed by atoms with E-state index in [2.05, 4.69) is 55.0 Å². The van der Waals surface area contributed by atoms with Gasteiger partial charge in [-0.3, -0.25) is 9.78 Å². The third-order valence-electron chi connectivity index (χ3n) is 5.99. The molecule has 5 nitrogen and oxygen atoms in total. The third-order valence-corrected chi connectivity index (χ3v) is 5.99. The van der Waals surface area contributed by atoms with Crippen molar-refractivity contribution in [2.24, 2.45) is 5.92 Å². The second-order valence-corrected chi connectivity index (χ2v) is 8.75. The van der Waals surface area contributed by atoms with Crippen molar-refractivity contribution in [1.29, 1.82) is 0 Å². The van der Waals surface area contributed by atoms with Gasteiger partial charge < -0.3 is 4.90 Å². The van der Waals surface area contributed by atoms with Gasteiger partial charge in [0.05, 0.1) is 5.69 Å². The molecule has 1 aromatic carbocycles. The van der Waals surface area contributed by atoms with Crippen LogP contribution < -0.4 is 0 Å². The van der Waals surface area contributed by atoms with Gasteiger partial charge in [-0.25, -0.2) is 9.97 Å². The van der Waals surface area contributed by atoms with Crippen LogP contribution in [0.4, 0.5) is 0 Å². The lowest BCUT2D eigenvalue weighted by molar-refractivity contribution is -0.127. The summed E-state index contributed by atoms with van der Waals surface area (Å²) in [6.45, 7) is 7.77. The number of rotatable bonds is 5. The fourth-order valence-electron chi connectivity index (χ4n) is 4.18. The van der Waals surface area contributed by atoms with Gasteiger partial charge in [0, 0.05) is 48.7 Å². The predicted octanol–water partition coefficient (Wildman–Crippen LogP) is 5.43. The van der Waals surface area contributed by atoms with Crippen molar-refractivity contribution in [3.63, 3.8) is 0 Å². The van der Waals surface area contributed by atoms with Crippen LogP contribution in [0.2, 0.25) is 0 Å². The lowest BCUT2D eigenvalue weighted by Gasteiger charge is -2.32. The van der Waals surface area contributed by atoms with Gasteiger partial charge in [0.25, 0.3) is 0 Å². The zero-order valence-corrected chi connectivity index (χ0v) is 19.0. The van der Waals surface area contributed by atoms with Crippen molar-refractivity contribution < 1.29 is 4.79 Å². The smallest absolute Gasteiger partial charge is 0.246 e. The minimum absolute atomic E-state index is 0.106. The topological polar surface area (TPSA) is 59.0 Å². The number of piperidine rings is 1. The highest BCUT2D eigenvalue weighted by atomic mass is 16.2. The molecule has 32 heavy (non-hydrogen) atoms. The number of amides is 1. The number of carbonyl (C=O) groups is 1. The first kappa shape index (κ1) is 21.9. The second kappa shape index (κ2) is 9.86. The number of pyridine rings is 1. The molecule has 0 aliphatic carbocycles. The molecule has 4 rings (SSSR count). The van der Waals surface area contributed by atoms with Gasteiger partial charge in [-0.2, -0.15) is 0 Å². The van der Waals surface area contributed by atoms with Crippen LogP contribution in [0, 0.1) is 12.8 Å². The molecule has 5 heteroatoms. The first-order valence-electron chi connectivity index (χ1n) is 11.3. The standard InChI is InChI=1S/C27H30N4O/c1-19(2)10-11-25(32)31-15-12-21(13-16-31)26-24(23-9-5-4-7-20(23)3)18-29-27(30-26)22-8-6-14-28-17-22/h4-11,14,17-19,21H,12-13,15-16H2,1-3H3/b11-10+. The van der Waals surface area contributed by atoms with E-state index in [-0.39, 0.29) is 11.8 Å². The summed E-state index contributed by atoms with van der Waals surface area (Å²) in [6, 6.07) is 12.3. The van der Waals surface area contributed by atoms with Gasteiger partial charge in [-0.05, 0) is 55.0 Å². The van der Waals surface area contributed by atoms with Crippen molar-refractivity contribution in [3.05, 3.63) is 78.4 Å². The molecule has 3 heterocycles. The summed E-state index contributed by atoms with van der Waals surface area (Å²) < 4.78 is 0.